The van der Waals surface area contributed by atoms with E-state index in [4.69, 9.17) is 14.3 Å². The number of oxime groups is 1. The van der Waals surface area contributed by atoms with Crippen molar-refractivity contribution in [2.45, 2.75) is 44.2 Å². The predicted octanol–water partition coefficient (Wildman–Crippen LogP) is 7.90. The monoisotopic (exact) mass is 626 g/mol. The van der Waals surface area contributed by atoms with Crippen molar-refractivity contribution in [2.75, 3.05) is 26.9 Å². The van der Waals surface area contributed by atoms with Crippen LogP contribution in [-0.2, 0) is 9.57 Å². The Morgan fingerprint density at radius 1 is 1.07 bits per heavy atom. The smallest absolute Gasteiger partial charge is 0.435 e. The van der Waals surface area contributed by atoms with E-state index in [9.17, 15) is 19.4 Å². The lowest BCUT2D eigenvalue weighted by Crippen LogP contribution is -2.58. The van der Waals surface area contributed by atoms with Crippen LogP contribution in [0.1, 0.15) is 48.5 Å². The summed E-state index contributed by atoms with van der Waals surface area (Å²) in [4.78, 5) is 12.6. The third-order valence-corrected chi connectivity index (χ3v) is 8.25. The summed E-state index contributed by atoms with van der Waals surface area (Å²) in [5, 5.41) is 4.56. The molecule has 8 nitrogen and oxygen atoms in total. The van der Waals surface area contributed by atoms with E-state index in [2.05, 4.69) is 19.2 Å². The molecule has 0 N–H and O–H groups in total. The van der Waals surface area contributed by atoms with Gasteiger partial charge >= 0.3 is 10.5 Å². The van der Waals surface area contributed by atoms with E-state index in [0.717, 1.165) is 47.5 Å². The van der Waals surface area contributed by atoms with Gasteiger partial charge in [-0.3, -0.25) is 0 Å². The summed E-state index contributed by atoms with van der Waals surface area (Å²) in [7, 11) is -8.50. The second-order valence-electron chi connectivity index (χ2n) is 11.0. The molecule has 1 aromatic heterocycles. The van der Waals surface area contributed by atoms with Gasteiger partial charge in [-0.25, -0.2) is 4.98 Å². The lowest BCUT2D eigenvalue weighted by Gasteiger charge is -2.51. The molecule has 3 aliphatic rings. The molecule has 232 valence electrons. The van der Waals surface area contributed by atoms with Crippen LogP contribution in [-0.4, -0.2) is 52.8 Å². The van der Waals surface area contributed by atoms with Gasteiger partial charge in [-0.1, -0.05) is 42.8 Å². The van der Waals surface area contributed by atoms with Crippen LogP contribution in [0.5, 0.6) is 11.5 Å². The van der Waals surface area contributed by atoms with Crippen LogP contribution in [0.25, 0.3) is 11.8 Å². The molecule has 2 atom stereocenters. The number of aromatic nitrogens is 2. The minimum Gasteiger partial charge on any atom is -0.495 e. The highest BCUT2D eigenvalue weighted by atomic mass is 32.5. The van der Waals surface area contributed by atoms with Crippen LogP contribution < -0.4 is 8.92 Å². The van der Waals surface area contributed by atoms with E-state index in [1.54, 1.807) is 13.4 Å². The number of halogens is 5. The van der Waals surface area contributed by atoms with Gasteiger partial charge in [0.1, 0.15) is 17.5 Å². The van der Waals surface area contributed by atoms with E-state index < -0.39 is 27.9 Å². The molecule has 3 aromatic rings. The molecule has 2 fully saturated rings. The Morgan fingerprint density at radius 3 is 2.51 bits per heavy atom. The van der Waals surface area contributed by atoms with Crippen molar-refractivity contribution in [3.63, 3.8) is 0 Å². The van der Waals surface area contributed by atoms with E-state index in [0.29, 0.717) is 43.1 Å². The average Bonchev–Trinajstić information content (AvgIpc) is 3.38. The topological polar surface area (TPSA) is 70.3 Å². The summed E-state index contributed by atoms with van der Waals surface area (Å²) in [6, 6.07) is 9.90. The van der Waals surface area contributed by atoms with Crippen LogP contribution in [0.4, 0.5) is 19.4 Å². The maximum atomic E-state index is 12.9. The van der Waals surface area contributed by atoms with Crippen molar-refractivity contribution in [3.05, 3.63) is 77.4 Å². The zero-order valence-electron chi connectivity index (χ0n) is 23.5. The fourth-order valence-corrected chi connectivity index (χ4v) is 6.48. The van der Waals surface area contributed by atoms with Gasteiger partial charge in [-0.15, -0.1) is 0 Å². The summed E-state index contributed by atoms with van der Waals surface area (Å²) < 4.78 is 81.3. The van der Waals surface area contributed by atoms with Crippen molar-refractivity contribution >= 4 is 22.4 Å². The Labute approximate surface area is 245 Å². The second kappa shape index (κ2) is 9.88. The minimum atomic E-state index is -10.1. The zero-order valence-corrected chi connectivity index (χ0v) is 24.3. The number of hydrogen-bond donors (Lipinski definition) is 0. The van der Waals surface area contributed by atoms with E-state index in [1.807, 2.05) is 42.0 Å². The molecule has 3 aliphatic heterocycles. The van der Waals surface area contributed by atoms with Gasteiger partial charge in [0.05, 0.1) is 31.4 Å². The van der Waals surface area contributed by atoms with Crippen LogP contribution >= 0.6 is 10.5 Å². The van der Waals surface area contributed by atoms with Crippen molar-refractivity contribution in [1.29, 1.82) is 0 Å². The Hall–Kier alpha value is -3.78. The summed E-state index contributed by atoms with van der Waals surface area (Å²) in [6.07, 6.45) is 8.44. The third kappa shape index (κ3) is 6.30. The number of piperidine rings is 1. The Balaban J connectivity index is 1.34. The van der Waals surface area contributed by atoms with Gasteiger partial charge in [0, 0.05) is 19.3 Å². The lowest BCUT2D eigenvalue weighted by atomic mass is 9.81. The number of nitrogens with zero attached hydrogens (tertiary/aromatic N) is 4. The standard InChI is InChI=1S/C29H31F5N4O4S/c1-20-17-37(19-35-20)25-11-6-21(16-26(25)39-2)15-23-5-3-13-38-27(29(42-36-28(23)38)12-4-14-40-18-29)22-7-9-24(10-8-22)41-43(30,31,32,33)34/h6-11,15-17,19,27H,3-5,12-14,18H2,1-2H3/t27-,29?/m0/s1. The first-order valence-electron chi connectivity index (χ1n) is 13.8. The molecular formula is C29H31F5N4O4S. The summed E-state index contributed by atoms with van der Waals surface area (Å²) in [5.41, 5.74) is 3.19. The van der Waals surface area contributed by atoms with Gasteiger partial charge in [-0.05, 0) is 79.6 Å². The van der Waals surface area contributed by atoms with Crippen LogP contribution in [0.15, 0.2) is 65.7 Å². The van der Waals surface area contributed by atoms with E-state index in [-0.39, 0.29) is 6.61 Å². The number of imidazole rings is 1. The quantitative estimate of drug-likeness (QED) is 0.259. The first-order valence-corrected chi connectivity index (χ1v) is 15.7. The van der Waals surface area contributed by atoms with Crippen molar-refractivity contribution in [3.8, 4) is 17.2 Å². The molecule has 6 rings (SSSR count). The molecule has 0 aliphatic carbocycles. The molecule has 0 bridgehead atoms. The first-order chi connectivity index (χ1) is 20.2. The second-order valence-corrected chi connectivity index (χ2v) is 13.0. The van der Waals surface area contributed by atoms with Gasteiger partial charge in [-0.2, -0.15) is 0 Å². The number of aryl methyl sites for hydroxylation is 1. The SMILES string of the molecule is COc1cc(C=C2CCCN3C2=NOC2(CCCOC2)[C@@H]3c2ccc(OS(F)(F)(F)(F)F)cc2)ccc1-n1cnc(C)c1. The maximum absolute atomic E-state index is 12.9. The summed E-state index contributed by atoms with van der Waals surface area (Å²) in [6.45, 7) is 3.29. The van der Waals surface area contributed by atoms with Crippen LogP contribution in [0, 0.1) is 6.92 Å². The molecule has 4 heterocycles. The summed E-state index contributed by atoms with van der Waals surface area (Å²) in [5.74, 6) is 0.282. The number of benzene rings is 2. The van der Waals surface area contributed by atoms with Gasteiger partial charge in [0.25, 0.3) is 0 Å². The number of rotatable bonds is 6. The molecule has 2 saturated heterocycles. The Kier molecular flexibility index (Phi) is 6.73. The first kappa shape index (κ1) is 29.3. The molecule has 0 radical (unpaired) electrons. The normalized spacial score (nSPS) is 24.9. The highest BCUT2D eigenvalue weighted by Gasteiger charge is 2.67. The van der Waals surface area contributed by atoms with Crippen molar-refractivity contribution in [1.82, 2.24) is 14.5 Å². The fraction of sp³-hybridized carbons (Fsp3) is 0.379. The van der Waals surface area contributed by atoms with Gasteiger partial charge in [0.2, 0.25) is 0 Å². The molecular weight excluding hydrogens is 595 g/mol. The Bertz CT molecular complexity index is 1590. The van der Waals surface area contributed by atoms with Gasteiger partial charge < -0.3 is 28.0 Å². The maximum Gasteiger partial charge on any atom is 0.435 e. The average molecular weight is 627 g/mol. The van der Waals surface area contributed by atoms with Gasteiger partial charge in [0.15, 0.2) is 11.4 Å². The fourth-order valence-electron chi connectivity index (χ4n) is 6.01. The summed E-state index contributed by atoms with van der Waals surface area (Å²) >= 11 is 0. The molecule has 43 heavy (non-hydrogen) atoms. The molecule has 2 aromatic carbocycles. The zero-order chi connectivity index (χ0) is 30.5. The largest absolute Gasteiger partial charge is 0.495 e. The van der Waals surface area contributed by atoms with E-state index >= 15 is 0 Å². The van der Waals surface area contributed by atoms with Crippen molar-refractivity contribution in [2.24, 2.45) is 5.16 Å². The highest BCUT2D eigenvalue weighted by molar-refractivity contribution is 8.42. The molecule has 0 amide bonds. The lowest BCUT2D eigenvalue weighted by molar-refractivity contribution is -0.174. The number of fused-ring (bicyclic) bond motifs is 1. The highest BCUT2D eigenvalue weighted by Crippen LogP contribution is 2.97. The molecule has 1 unspecified atom stereocenters. The van der Waals surface area contributed by atoms with Crippen LogP contribution in [0.3, 0.4) is 0 Å². The molecule has 14 heteroatoms. The van der Waals surface area contributed by atoms with Crippen LogP contribution in [0.2, 0.25) is 0 Å². The third-order valence-electron chi connectivity index (χ3n) is 7.75. The predicted molar refractivity (Wildman–Crippen MR) is 153 cm³/mol. The number of methoxy groups -OCH3 is 1. The molecule has 0 saturated carbocycles. The van der Waals surface area contributed by atoms with E-state index in [1.165, 1.54) is 12.1 Å². The Morgan fingerprint density at radius 2 is 1.86 bits per heavy atom. The minimum absolute atomic E-state index is 0.222. The van der Waals surface area contributed by atoms with Crippen molar-refractivity contribution < 1.29 is 37.9 Å². The molecule has 1 spiro atoms. The number of hydrogen-bond acceptors (Lipinski definition) is 7. The number of amidine groups is 1. The number of ether oxygens (including phenoxy) is 2.